The molecule has 6 rings (SSSR count). The first kappa shape index (κ1) is 35.9. The average Bonchev–Trinajstić information content (AvgIpc) is 3.05. The number of hydrogen-bond donors (Lipinski definition) is 1. The molecule has 1 aromatic carbocycles. The van der Waals surface area contributed by atoms with E-state index in [0.29, 0.717) is 30.8 Å². The first-order valence-electron chi connectivity index (χ1n) is 19.7. The monoisotopic (exact) mass is 658 g/mol. The SMILES string of the molecule is CC(COC(=O)C1(C)CCCC2(C)c3ccc(C(C)C)cc3CCC12)CC(OO)C1(C)CCCC2(C)C3=C(C=C(C(C)C)CC3)CCC21. The van der Waals surface area contributed by atoms with Crippen molar-refractivity contribution < 1.29 is 19.7 Å². The van der Waals surface area contributed by atoms with Gasteiger partial charge in [0.1, 0.15) is 0 Å². The quantitative estimate of drug-likeness (QED) is 0.163. The lowest BCUT2D eigenvalue weighted by Crippen LogP contribution is -2.53. The number of carbonyl (C=O) groups is 1. The minimum absolute atomic E-state index is 0.00143. The Morgan fingerprint density at radius 1 is 0.854 bits per heavy atom. The van der Waals surface area contributed by atoms with Gasteiger partial charge in [0.25, 0.3) is 0 Å². The number of hydrogen-bond acceptors (Lipinski definition) is 4. The molecular formula is C44H66O4. The van der Waals surface area contributed by atoms with Crippen LogP contribution in [-0.4, -0.2) is 23.9 Å². The summed E-state index contributed by atoms with van der Waals surface area (Å²) in [7, 11) is 0. The lowest BCUT2D eigenvalue weighted by atomic mass is 9.47. The molecule has 1 N–H and O–H groups in total. The summed E-state index contributed by atoms with van der Waals surface area (Å²) in [4.78, 5) is 19.6. The molecule has 1 aromatic rings. The number of rotatable bonds is 9. The Labute approximate surface area is 292 Å². The Hall–Kier alpha value is -1.91. The number of esters is 1. The Kier molecular flexibility index (Phi) is 9.97. The van der Waals surface area contributed by atoms with Crippen LogP contribution in [0.1, 0.15) is 162 Å². The van der Waals surface area contributed by atoms with Gasteiger partial charge >= 0.3 is 5.97 Å². The first-order chi connectivity index (χ1) is 22.7. The van der Waals surface area contributed by atoms with Crippen molar-refractivity contribution in [2.24, 2.45) is 39.9 Å². The van der Waals surface area contributed by atoms with Crippen LogP contribution in [0.5, 0.6) is 0 Å². The third kappa shape index (κ3) is 5.97. The molecule has 0 spiro atoms. The molecule has 5 aliphatic carbocycles. The van der Waals surface area contributed by atoms with Gasteiger partial charge < -0.3 is 4.74 Å². The van der Waals surface area contributed by atoms with Crippen molar-refractivity contribution in [3.63, 3.8) is 0 Å². The maximum atomic E-state index is 14.1. The number of benzene rings is 1. The highest BCUT2D eigenvalue weighted by atomic mass is 17.1. The zero-order valence-electron chi connectivity index (χ0n) is 31.8. The lowest BCUT2D eigenvalue weighted by molar-refractivity contribution is -0.319. The molecule has 0 heterocycles. The second-order valence-electron chi connectivity index (χ2n) is 18.6. The van der Waals surface area contributed by atoms with E-state index in [0.717, 1.165) is 57.8 Å². The van der Waals surface area contributed by atoms with E-state index in [1.165, 1.54) is 36.0 Å². The van der Waals surface area contributed by atoms with Crippen LogP contribution in [0.15, 0.2) is 41.0 Å². The van der Waals surface area contributed by atoms with E-state index >= 15 is 0 Å². The third-order valence-electron chi connectivity index (χ3n) is 15.0. The highest BCUT2D eigenvalue weighted by molar-refractivity contribution is 5.77. The molecule has 0 saturated heterocycles. The highest BCUT2D eigenvalue weighted by Crippen LogP contribution is 2.63. The van der Waals surface area contributed by atoms with E-state index in [9.17, 15) is 10.1 Å². The van der Waals surface area contributed by atoms with Crippen LogP contribution < -0.4 is 0 Å². The summed E-state index contributed by atoms with van der Waals surface area (Å²) in [5, 5.41) is 10.5. The van der Waals surface area contributed by atoms with Crippen molar-refractivity contribution in [1.82, 2.24) is 0 Å². The van der Waals surface area contributed by atoms with E-state index in [2.05, 4.69) is 86.6 Å². The minimum atomic E-state index is -0.484. The summed E-state index contributed by atoms with van der Waals surface area (Å²) in [6.07, 6.45) is 16.2. The van der Waals surface area contributed by atoms with Crippen molar-refractivity contribution in [3.05, 3.63) is 57.7 Å². The Morgan fingerprint density at radius 3 is 2.27 bits per heavy atom. The predicted octanol–water partition coefficient (Wildman–Crippen LogP) is 11.5. The van der Waals surface area contributed by atoms with E-state index in [4.69, 9.17) is 9.62 Å². The van der Waals surface area contributed by atoms with Gasteiger partial charge in [-0.2, -0.15) is 0 Å². The van der Waals surface area contributed by atoms with Gasteiger partial charge in [-0.25, -0.2) is 4.89 Å². The molecule has 48 heavy (non-hydrogen) atoms. The van der Waals surface area contributed by atoms with Crippen molar-refractivity contribution in [2.75, 3.05) is 6.61 Å². The van der Waals surface area contributed by atoms with Crippen LogP contribution in [0.25, 0.3) is 0 Å². The molecule has 4 nitrogen and oxygen atoms in total. The summed E-state index contributed by atoms with van der Waals surface area (Å²) in [5.74, 6) is 1.97. The van der Waals surface area contributed by atoms with Gasteiger partial charge in [-0.3, -0.25) is 10.1 Å². The molecule has 0 bridgehead atoms. The normalized spacial score (nSPS) is 36.0. The number of ether oxygens (including phenoxy) is 1. The molecule has 4 heteroatoms. The van der Waals surface area contributed by atoms with Gasteiger partial charge in [0, 0.05) is 5.41 Å². The summed E-state index contributed by atoms with van der Waals surface area (Å²) in [6, 6.07) is 7.12. The largest absolute Gasteiger partial charge is 0.465 e. The van der Waals surface area contributed by atoms with Crippen LogP contribution in [0, 0.1) is 39.9 Å². The van der Waals surface area contributed by atoms with Gasteiger partial charge in [0.05, 0.1) is 18.1 Å². The molecule has 8 atom stereocenters. The van der Waals surface area contributed by atoms with E-state index in [-0.39, 0.29) is 40.2 Å². The number of carbonyl (C=O) groups excluding carboxylic acids is 1. The Bertz CT molecular complexity index is 1430. The van der Waals surface area contributed by atoms with Crippen LogP contribution in [0.4, 0.5) is 0 Å². The molecule has 0 radical (unpaired) electrons. The second kappa shape index (κ2) is 13.3. The summed E-state index contributed by atoms with van der Waals surface area (Å²) in [6.45, 7) is 21.2. The number of allylic oxidation sites excluding steroid dienone is 4. The summed E-state index contributed by atoms with van der Waals surface area (Å²) in [5.41, 5.74) is 8.80. The third-order valence-corrected chi connectivity index (χ3v) is 15.0. The molecule has 8 unspecified atom stereocenters. The average molecular weight is 659 g/mol. The minimum Gasteiger partial charge on any atom is -0.465 e. The standard InChI is InChI=1S/C44H66O4/c1-28(2)31-12-16-35-33(25-31)14-18-37-41(35,6)20-10-22-43(37,8)39(48-46)24-30(5)27-47-40(45)44(9)23-11-21-42(7)36-17-13-32(29(3)4)26-34(36)15-19-38(42)44/h13,17,25-26,28-30,37-39,46H,10-12,14-16,18-24,27H2,1-9H3. The van der Waals surface area contributed by atoms with Gasteiger partial charge in [-0.1, -0.05) is 104 Å². The topological polar surface area (TPSA) is 55.8 Å². The van der Waals surface area contributed by atoms with Gasteiger partial charge in [-0.15, -0.1) is 0 Å². The predicted molar refractivity (Wildman–Crippen MR) is 196 cm³/mol. The molecule has 2 fully saturated rings. The van der Waals surface area contributed by atoms with E-state index in [1.54, 1.807) is 16.7 Å². The number of fused-ring (bicyclic) bond motifs is 5. The molecule has 5 aliphatic rings. The molecule has 0 aliphatic heterocycles. The molecular weight excluding hydrogens is 592 g/mol. The number of aryl methyl sites for hydroxylation is 1. The fourth-order valence-electron chi connectivity index (χ4n) is 12.1. The van der Waals surface area contributed by atoms with Crippen LogP contribution in [-0.2, 0) is 26.3 Å². The fraction of sp³-hybridized carbons (Fsp3) is 0.750. The molecule has 2 saturated carbocycles. The maximum absolute atomic E-state index is 14.1. The highest BCUT2D eigenvalue weighted by Gasteiger charge is 2.57. The zero-order valence-corrected chi connectivity index (χ0v) is 31.8. The Balaban J connectivity index is 1.13. The first-order valence-corrected chi connectivity index (χ1v) is 19.7. The summed E-state index contributed by atoms with van der Waals surface area (Å²) >= 11 is 0. The smallest absolute Gasteiger partial charge is 0.312 e. The van der Waals surface area contributed by atoms with Crippen molar-refractivity contribution in [2.45, 2.75) is 163 Å². The van der Waals surface area contributed by atoms with Crippen LogP contribution >= 0.6 is 0 Å². The van der Waals surface area contributed by atoms with Crippen molar-refractivity contribution in [1.29, 1.82) is 0 Å². The summed E-state index contributed by atoms with van der Waals surface area (Å²) < 4.78 is 6.28. The molecule has 0 amide bonds. The molecule has 0 aromatic heterocycles. The van der Waals surface area contributed by atoms with Gasteiger partial charge in [0.15, 0.2) is 0 Å². The van der Waals surface area contributed by atoms with Crippen LogP contribution in [0.3, 0.4) is 0 Å². The molecule has 266 valence electrons. The fourth-order valence-corrected chi connectivity index (χ4v) is 12.1. The van der Waals surface area contributed by atoms with E-state index in [1.807, 2.05) is 0 Å². The van der Waals surface area contributed by atoms with Crippen molar-refractivity contribution >= 4 is 5.97 Å². The van der Waals surface area contributed by atoms with Crippen LogP contribution in [0.2, 0.25) is 0 Å². The lowest BCUT2D eigenvalue weighted by Gasteiger charge is -2.58. The van der Waals surface area contributed by atoms with Gasteiger partial charge in [-0.05, 0) is 140 Å². The maximum Gasteiger partial charge on any atom is 0.312 e. The van der Waals surface area contributed by atoms with Gasteiger partial charge in [0.2, 0.25) is 0 Å². The van der Waals surface area contributed by atoms with E-state index < -0.39 is 5.41 Å². The zero-order chi connectivity index (χ0) is 34.6. The Morgan fingerprint density at radius 2 is 1.56 bits per heavy atom. The van der Waals surface area contributed by atoms with Crippen molar-refractivity contribution in [3.8, 4) is 0 Å². The second-order valence-corrected chi connectivity index (χ2v) is 18.6.